The minimum atomic E-state index is -1.01. The molecule has 0 spiro atoms. The standard InChI is InChI=1S/C36H46N2O7/c1-3-5-10-21-43-28-15-17-29(18-16-28)45-35(39)20-14-26-13-19-33(34(23-26)42-4-2)44-22-11-8-6-7-9-12-30-31(36(40)41)24-27(37)25-32(30)38/h13-20,23-25H,3-12,21-22,37-38H2,1-2H3,(H,40,41)/b20-14+. The number of carboxylic acids is 1. The zero-order valence-electron chi connectivity index (χ0n) is 26.4. The topological polar surface area (TPSA) is 143 Å². The van der Waals surface area contributed by atoms with Crippen molar-refractivity contribution in [3.05, 3.63) is 77.4 Å². The number of carboxylic acid groups (broad SMARTS) is 1. The summed E-state index contributed by atoms with van der Waals surface area (Å²) in [6.07, 6.45) is 11.6. The van der Waals surface area contributed by atoms with Gasteiger partial charge in [0.25, 0.3) is 0 Å². The van der Waals surface area contributed by atoms with Gasteiger partial charge in [-0.3, -0.25) is 0 Å². The Morgan fingerprint density at radius 3 is 2.18 bits per heavy atom. The van der Waals surface area contributed by atoms with Crippen molar-refractivity contribution in [3.8, 4) is 23.0 Å². The van der Waals surface area contributed by atoms with Gasteiger partial charge in [0, 0.05) is 17.5 Å². The van der Waals surface area contributed by atoms with Crippen LogP contribution in [-0.2, 0) is 11.2 Å². The molecular weight excluding hydrogens is 572 g/mol. The lowest BCUT2D eigenvalue weighted by Gasteiger charge is -2.13. The molecule has 5 N–H and O–H groups in total. The third kappa shape index (κ3) is 12.1. The average Bonchev–Trinajstić information content (AvgIpc) is 3.01. The Bertz CT molecular complexity index is 1400. The Labute approximate surface area is 266 Å². The van der Waals surface area contributed by atoms with Crippen LogP contribution in [0.4, 0.5) is 11.4 Å². The Kier molecular flexibility index (Phi) is 14.6. The maximum absolute atomic E-state index is 12.4. The van der Waals surface area contributed by atoms with Gasteiger partial charge in [0.1, 0.15) is 11.5 Å². The molecule has 0 bridgehead atoms. The Hall–Kier alpha value is -4.66. The molecule has 0 aliphatic heterocycles. The fraction of sp³-hybridized carbons (Fsp3) is 0.389. The molecule has 0 radical (unpaired) electrons. The molecule has 0 saturated carbocycles. The second kappa shape index (κ2) is 18.9. The number of anilines is 2. The van der Waals surface area contributed by atoms with Gasteiger partial charge in [-0.25, -0.2) is 9.59 Å². The van der Waals surface area contributed by atoms with Gasteiger partial charge in [-0.05, 0) is 98.3 Å². The largest absolute Gasteiger partial charge is 0.494 e. The number of hydrogen-bond donors (Lipinski definition) is 3. The maximum Gasteiger partial charge on any atom is 0.336 e. The normalized spacial score (nSPS) is 11.0. The molecule has 3 aromatic carbocycles. The number of benzene rings is 3. The van der Waals surface area contributed by atoms with Crippen LogP contribution >= 0.6 is 0 Å². The van der Waals surface area contributed by atoms with Gasteiger partial charge in [-0.1, -0.05) is 45.1 Å². The second-order valence-corrected chi connectivity index (χ2v) is 10.7. The zero-order valence-corrected chi connectivity index (χ0v) is 26.4. The summed E-state index contributed by atoms with van der Waals surface area (Å²) in [5.74, 6) is 0.958. The van der Waals surface area contributed by atoms with Gasteiger partial charge in [-0.2, -0.15) is 0 Å². The predicted octanol–water partition coefficient (Wildman–Crippen LogP) is 7.71. The highest BCUT2D eigenvalue weighted by Gasteiger charge is 2.14. The van der Waals surface area contributed by atoms with E-state index in [1.807, 2.05) is 25.1 Å². The number of unbranched alkanes of at least 4 members (excludes halogenated alkanes) is 6. The first kappa shape index (κ1) is 34.8. The molecule has 0 saturated heterocycles. The number of carbonyl (C=O) groups is 2. The van der Waals surface area contributed by atoms with Gasteiger partial charge >= 0.3 is 11.9 Å². The van der Waals surface area contributed by atoms with Crippen molar-refractivity contribution in [2.24, 2.45) is 0 Å². The van der Waals surface area contributed by atoms with E-state index >= 15 is 0 Å². The summed E-state index contributed by atoms with van der Waals surface area (Å²) in [6.45, 7) is 5.75. The molecule has 9 nitrogen and oxygen atoms in total. The lowest BCUT2D eigenvalue weighted by Crippen LogP contribution is -2.07. The van der Waals surface area contributed by atoms with Crippen LogP contribution in [0.25, 0.3) is 6.08 Å². The summed E-state index contributed by atoms with van der Waals surface area (Å²) < 4.78 is 22.9. The van der Waals surface area contributed by atoms with Crippen molar-refractivity contribution in [2.45, 2.75) is 71.6 Å². The van der Waals surface area contributed by atoms with Crippen LogP contribution in [0.5, 0.6) is 23.0 Å². The molecule has 3 aromatic rings. The van der Waals surface area contributed by atoms with Gasteiger partial charge in [-0.15, -0.1) is 0 Å². The van der Waals surface area contributed by atoms with E-state index in [1.165, 1.54) is 12.1 Å². The van der Waals surface area contributed by atoms with E-state index in [0.29, 0.717) is 60.4 Å². The zero-order chi connectivity index (χ0) is 32.4. The molecule has 242 valence electrons. The minimum absolute atomic E-state index is 0.178. The first-order chi connectivity index (χ1) is 21.8. The van der Waals surface area contributed by atoms with Crippen LogP contribution in [-0.4, -0.2) is 36.9 Å². The number of hydrogen-bond acceptors (Lipinski definition) is 8. The Balaban J connectivity index is 1.40. The number of aromatic carboxylic acids is 1. The van der Waals surface area contributed by atoms with Crippen molar-refractivity contribution >= 4 is 29.4 Å². The molecule has 0 fully saturated rings. The SMILES string of the molecule is CCCCCOc1ccc(OC(=O)/C=C/c2ccc(OCCCCCCCc3c(N)cc(N)cc3C(=O)O)c(OCC)c2)cc1. The minimum Gasteiger partial charge on any atom is -0.494 e. The highest BCUT2D eigenvalue weighted by molar-refractivity contribution is 5.92. The lowest BCUT2D eigenvalue weighted by molar-refractivity contribution is -0.128. The molecule has 0 aromatic heterocycles. The molecule has 0 heterocycles. The number of esters is 1. The number of rotatable bonds is 20. The summed E-state index contributed by atoms with van der Waals surface area (Å²) in [5.41, 5.74) is 14.2. The number of nitrogens with two attached hydrogens (primary N) is 2. The molecule has 9 heteroatoms. The van der Waals surface area contributed by atoms with Gasteiger partial charge in [0.2, 0.25) is 0 Å². The summed E-state index contributed by atoms with van der Waals surface area (Å²) in [6, 6.07) is 15.6. The first-order valence-corrected chi connectivity index (χ1v) is 15.7. The highest BCUT2D eigenvalue weighted by atomic mass is 16.5. The van der Waals surface area contributed by atoms with Crippen molar-refractivity contribution in [3.63, 3.8) is 0 Å². The Morgan fingerprint density at radius 1 is 0.756 bits per heavy atom. The molecule has 3 rings (SSSR count). The van der Waals surface area contributed by atoms with E-state index in [4.69, 9.17) is 30.4 Å². The summed E-state index contributed by atoms with van der Waals surface area (Å²) in [4.78, 5) is 23.9. The smallest absolute Gasteiger partial charge is 0.336 e. The van der Waals surface area contributed by atoms with Gasteiger partial charge < -0.3 is 35.5 Å². The van der Waals surface area contributed by atoms with E-state index < -0.39 is 11.9 Å². The number of nitrogen functional groups attached to an aromatic ring is 2. The van der Waals surface area contributed by atoms with Crippen LogP contribution < -0.4 is 30.4 Å². The molecule has 0 atom stereocenters. The highest BCUT2D eigenvalue weighted by Crippen LogP contribution is 2.30. The third-order valence-electron chi connectivity index (χ3n) is 7.10. The summed E-state index contributed by atoms with van der Waals surface area (Å²) in [7, 11) is 0. The van der Waals surface area contributed by atoms with E-state index in [2.05, 4.69) is 6.92 Å². The van der Waals surface area contributed by atoms with Crippen LogP contribution in [0, 0.1) is 0 Å². The fourth-order valence-electron chi connectivity index (χ4n) is 4.78. The fourth-order valence-corrected chi connectivity index (χ4v) is 4.78. The molecule has 0 aliphatic carbocycles. The van der Waals surface area contributed by atoms with Crippen molar-refractivity contribution in [1.29, 1.82) is 0 Å². The maximum atomic E-state index is 12.4. The quantitative estimate of drug-likeness (QED) is 0.0381. The van der Waals surface area contributed by atoms with E-state index in [0.717, 1.165) is 62.7 Å². The van der Waals surface area contributed by atoms with Crippen LogP contribution in [0.15, 0.2) is 60.7 Å². The predicted molar refractivity (Wildman–Crippen MR) is 178 cm³/mol. The lowest BCUT2D eigenvalue weighted by atomic mass is 9.98. The summed E-state index contributed by atoms with van der Waals surface area (Å²) in [5, 5.41) is 9.45. The molecular formula is C36H46N2O7. The van der Waals surface area contributed by atoms with Crippen molar-refractivity contribution in [2.75, 3.05) is 31.3 Å². The first-order valence-electron chi connectivity index (χ1n) is 15.7. The van der Waals surface area contributed by atoms with Crippen LogP contribution in [0.2, 0.25) is 0 Å². The summed E-state index contributed by atoms with van der Waals surface area (Å²) >= 11 is 0. The average molecular weight is 619 g/mol. The second-order valence-electron chi connectivity index (χ2n) is 10.7. The number of carbonyl (C=O) groups excluding carboxylic acids is 1. The number of ether oxygens (including phenoxy) is 4. The van der Waals surface area contributed by atoms with Crippen molar-refractivity contribution in [1.82, 2.24) is 0 Å². The molecule has 0 aliphatic rings. The third-order valence-corrected chi connectivity index (χ3v) is 7.10. The van der Waals surface area contributed by atoms with E-state index in [-0.39, 0.29) is 5.56 Å². The van der Waals surface area contributed by atoms with Gasteiger partial charge in [0.15, 0.2) is 11.5 Å². The molecule has 45 heavy (non-hydrogen) atoms. The van der Waals surface area contributed by atoms with Crippen LogP contribution in [0.1, 0.15) is 86.7 Å². The van der Waals surface area contributed by atoms with Crippen LogP contribution in [0.3, 0.4) is 0 Å². The van der Waals surface area contributed by atoms with Crippen molar-refractivity contribution < 1.29 is 33.6 Å². The molecule has 0 amide bonds. The molecule has 0 unspecified atom stereocenters. The monoisotopic (exact) mass is 618 g/mol. The Morgan fingerprint density at radius 2 is 1.44 bits per heavy atom. The van der Waals surface area contributed by atoms with E-state index in [1.54, 1.807) is 36.4 Å². The van der Waals surface area contributed by atoms with Gasteiger partial charge in [0.05, 0.1) is 25.4 Å². The van der Waals surface area contributed by atoms with E-state index in [9.17, 15) is 14.7 Å².